The Morgan fingerprint density at radius 2 is 2.29 bits per heavy atom. The Labute approximate surface area is 101 Å². The molecule has 0 spiro atoms. The number of aliphatic hydroxyl groups is 1. The third kappa shape index (κ3) is 2.83. The fraction of sp³-hybridized carbons (Fsp3) is 0.538. The van der Waals surface area contributed by atoms with Gasteiger partial charge in [-0.2, -0.15) is 0 Å². The van der Waals surface area contributed by atoms with E-state index in [1.807, 2.05) is 7.05 Å². The molecule has 17 heavy (non-hydrogen) atoms. The molecule has 0 aromatic heterocycles. The van der Waals surface area contributed by atoms with Gasteiger partial charge < -0.3 is 14.7 Å². The van der Waals surface area contributed by atoms with Crippen LogP contribution in [0.25, 0.3) is 0 Å². The van der Waals surface area contributed by atoms with Crippen molar-refractivity contribution >= 4 is 0 Å². The van der Waals surface area contributed by atoms with E-state index in [1.165, 1.54) is 12.1 Å². The molecule has 1 saturated heterocycles. The van der Waals surface area contributed by atoms with Crippen LogP contribution in [0.1, 0.15) is 17.2 Å². The molecule has 1 fully saturated rings. The third-order valence-corrected chi connectivity index (χ3v) is 3.20. The zero-order valence-electron chi connectivity index (χ0n) is 10.2. The fourth-order valence-corrected chi connectivity index (χ4v) is 2.17. The summed E-state index contributed by atoms with van der Waals surface area (Å²) < 4.78 is 18.6. The van der Waals surface area contributed by atoms with Crippen molar-refractivity contribution in [2.24, 2.45) is 0 Å². The number of benzene rings is 1. The van der Waals surface area contributed by atoms with Crippen molar-refractivity contribution in [3.63, 3.8) is 0 Å². The summed E-state index contributed by atoms with van der Waals surface area (Å²) in [4.78, 5) is 2.12. The Bertz CT molecular complexity index is 397. The summed E-state index contributed by atoms with van der Waals surface area (Å²) >= 11 is 0. The number of aryl methyl sites for hydroxylation is 1. The number of hydrogen-bond acceptors (Lipinski definition) is 3. The molecule has 2 atom stereocenters. The Hall–Kier alpha value is -0.970. The van der Waals surface area contributed by atoms with Gasteiger partial charge in [-0.25, -0.2) is 4.39 Å². The molecular formula is C13H18FNO2. The van der Waals surface area contributed by atoms with E-state index in [0.29, 0.717) is 13.2 Å². The Kier molecular flexibility index (Phi) is 3.76. The number of aliphatic hydroxyl groups excluding tert-OH is 1. The average molecular weight is 239 g/mol. The molecule has 1 heterocycles. The number of likely N-dealkylation sites (N-methyl/N-ethyl adjacent to an activating group) is 1. The summed E-state index contributed by atoms with van der Waals surface area (Å²) in [6.45, 7) is 4.00. The normalized spacial score (nSPS) is 23.6. The third-order valence-electron chi connectivity index (χ3n) is 3.20. The lowest BCUT2D eigenvalue weighted by Gasteiger charge is -2.33. The van der Waals surface area contributed by atoms with Gasteiger partial charge in [0, 0.05) is 13.1 Å². The minimum Gasteiger partial charge on any atom is -0.386 e. The van der Waals surface area contributed by atoms with Crippen LogP contribution >= 0.6 is 0 Å². The van der Waals surface area contributed by atoms with Crippen molar-refractivity contribution in [2.75, 3.05) is 26.7 Å². The predicted octanol–water partition coefficient (Wildman–Crippen LogP) is 1.50. The molecule has 2 unspecified atom stereocenters. The highest BCUT2D eigenvalue weighted by Crippen LogP contribution is 2.25. The van der Waals surface area contributed by atoms with Crippen molar-refractivity contribution in [1.82, 2.24) is 4.90 Å². The van der Waals surface area contributed by atoms with E-state index >= 15 is 0 Å². The van der Waals surface area contributed by atoms with Gasteiger partial charge in [0.2, 0.25) is 0 Å². The van der Waals surface area contributed by atoms with E-state index in [4.69, 9.17) is 4.74 Å². The van der Waals surface area contributed by atoms with E-state index in [1.54, 1.807) is 13.0 Å². The minimum absolute atomic E-state index is 0.238. The van der Waals surface area contributed by atoms with E-state index in [2.05, 4.69) is 4.90 Å². The molecular weight excluding hydrogens is 221 g/mol. The highest BCUT2D eigenvalue weighted by molar-refractivity contribution is 5.29. The fourth-order valence-electron chi connectivity index (χ4n) is 2.17. The van der Waals surface area contributed by atoms with E-state index in [0.717, 1.165) is 17.7 Å². The van der Waals surface area contributed by atoms with Gasteiger partial charge in [-0.3, -0.25) is 0 Å². The molecule has 0 amide bonds. The van der Waals surface area contributed by atoms with Gasteiger partial charge in [-0.05, 0) is 37.2 Å². The molecule has 1 aromatic rings. The van der Waals surface area contributed by atoms with Gasteiger partial charge >= 0.3 is 0 Å². The first-order valence-corrected chi connectivity index (χ1v) is 5.82. The number of nitrogens with zero attached hydrogens (tertiary/aromatic N) is 1. The van der Waals surface area contributed by atoms with E-state index < -0.39 is 6.10 Å². The number of ether oxygens (including phenoxy) is 1. The first kappa shape index (κ1) is 12.5. The molecule has 4 heteroatoms. The lowest BCUT2D eigenvalue weighted by molar-refractivity contribution is -0.0846. The van der Waals surface area contributed by atoms with E-state index in [9.17, 15) is 9.50 Å². The number of hydrogen-bond donors (Lipinski definition) is 1. The van der Waals surface area contributed by atoms with Gasteiger partial charge in [0.25, 0.3) is 0 Å². The van der Waals surface area contributed by atoms with Crippen molar-refractivity contribution in [3.8, 4) is 0 Å². The van der Waals surface area contributed by atoms with Gasteiger partial charge in [-0.15, -0.1) is 0 Å². The molecule has 1 aromatic carbocycles. The molecule has 1 aliphatic rings. The van der Waals surface area contributed by atoms with Gasteiger partial charge in [-0.1, -0.05) is 6.07 Å². The second-order valence-corrected chi connectivity index (χ2v) is 4.62. The average Bonchev–Trinajstić information content (AvgIpc) is 2.28. The van der Waals surface area contributed by atoms with Crippen molar-refractivity contribution < 1.29 is 14.2 Å². The van der Waals surface area contributed by atoms with Crippen molar-refractivity contribution in [2.45, 2.75) is 19.1 Å². The maximum absolute atomic E-state index is 13.0. The van der Waals surface area contributed by atoms with Crippen LogP contribution in [0.5, 0.6) is 0 Å². The summed E-state index contributed by atoms with van der Waals surface area (Å²) in [7, 11) is 2.00. The summed E-state index contributed by atoms with van der Waals surface area (Å²) in [6, 6.07) is 4.44. The van der Waals surface area contributed by atoms with Crippen LogP contribution in [0.4, 0.5) is 4.39 Å². The number of halogens is 1. The highest BCUT2D eigenvalue weighted by Gasteiger charge is 2.27. The molecule has 1 N–H and O–H groups in total. The molecule has 0 radical (unpaired) electrons. The summed E-state index contributed by atoms with van der Waals surface area (Å²) in [5.74, 6) is -0.278. The first-order valence-electron chi connectivity index (χ1n) is 5.82. The second kappa shape index (κ2) is 5.12. The zero-order chi connectivity index (χ0) is 12.4. The van der Waals surface area contributed by atoms with Crippen LogP contribution in [-0.4, -0.2) is 42.9 Å². The van der Waals surface area contributed by atoms with Crippen LogP contribution in [0, 0.1) is 12.7 Å². The summed E-state index contributed by atoms with van der Waals surface area (Å²) in [5, 5.41) is 10.3. The predicted molar refractivity (Wildman–Crippen MR) is 63.3 cm³/mol. The van der Waals surface area contributed by atoms with Crippen LogP contribution < -0.4 is 0 Å². The second-order valence-electron chi connectivity index (χ2n) is 4.62. The lowest BCUT2D eigenvalue weighted by atomic mass is 9.98. The van der Waals surface area contributed by atoms with Crippen LogP contribution in [0.3, 0.4) is 0 Å². The SMILES string of the molecule is Cc1cc(F)ccc1C(O)C1CN(C)CCO1. The Balaban J connectivity index is 2.15. The van der Waals surface area contributed by atoms with Crippen LogP contribution in [0.15, 0.2) is 18.2 Å². The number of rotatable bonds is 2. The topological polar surface area (TPSA) is 32.7 Å². The first-order chi connectivity index (χ1) is 8.08. The zero-order valence-corrected chi connectivity index (χ0v) is 10.2. The molecule has 0 saturated carbocycles. The van der Waals surface area contributed by atoms with Gasteiger partial charge in [0.05, 0.1) is 6.61 Å². The molecule has 1 aliphatic heterocycles. The van der Waals surface area contributed by atoms with E-state index in [-0.39, 0.29) is 11.9 Å². The minimum atomic E-state index is -0.696. The molecule has 2 rings (SSSR count). The smallest absolute Gasteiger partial charge is 0.123 e. The van der Waals surface area contributed by atoms with Gasteiger partial charge in [0.1, 0.15) is 18.0 Å². The van der Waals surface area contributed by atoms with Gasteiger partial charge in [0.15, 0.2) is 0 Å². The molecule has 0 bridgehead atoms. The summed E-state index contributed by atoms with van der Waals surface area (Å²) in [6.07, 6.45) is -0.934. The maximum atomic E-state index is 13.0. The van der Waals surface area contributed by atoms with Crippen LogP contribution in [-0.2, 0) is 4.74 Å². The monoisotopic (exact) mass is 239 g/mol. The highest BCUT2D eigenvalue weighted by atomic mass is 19.1. The Morgan fingerprint density at radius 3 is 2.94 bits per heavy atom. The largest absolute Gasteiger partial charge is 0.386 e. The lowest BCUT2D eigenvalue weighted by Crippen LogP contribution is -2.43. The standard InChI is InChI=1S/C13H18FNO2/c1-9-7-10(14)3-4-11(9)13(16)12-8-15(2)5-6-17-12/h3-4,7,12-13,16H,5-6,8H2,1-2H3. The molecule has 94 valence electrons. The van der Waals surface area contributed by atoms with Crippen molar-refractivity contribution in [3.05, 3.63) is 35.1 Å². The number of morpholine rings is 1. The maximum Gasteiger partial charge on any atom is 0.123 e. The van der Waals surface area contributed by atoms with Crippen molar-refractivity contribution in [1.29, 1.82) is 0 Å². The Morgan fingerprint density at radius 1 is 1.53 bits per heavy atom. The molecule has 3 nitrogen and oxygen atoms in total. The van der Waals surface area contributed by atoms with Crippen LogP contribution in [0.2, 0.25) is 0 Å². The quantitative estimate of drug-likeness (QED) is 0.849. The summed E-state index contributed by atoms with van der Waals surface area (Å²) in [5.41, 5.74) is 1.50. The molecule has 0 aliphatic carbocycles.